The Morgan fingerprint density at radius 1 is 1.47 bits per heavy atom. The van der Waals surface area contributed by atoms with Crippen molar-refractivity contribution < 1.29 is 19.8 Å². The van der Waals surface area contributed by atoms with E-state index in [2.05, 4.69) is 5.32 Å². The minimum Gasteiger partial charge on any atom is -0.481 e. The second-order valence-electron chi connectivity index (χ2n) is 4.60. The third-order valence-corrected chi connectivity index (χ3v) is 2.31. The lowest BCUT2D eigenvalue weighted by atomic mass is 10.0. The van der Waals surface area contributed by atoms with E-state index >= 15 is 0 Å². The SMILES string of the molecule is CCCC(N)CC(=O)NCC(C)(O)CC(=O)O. The number of carboxylic acids is 1. The molecule has 0 aliphatic rings. The van der Waals surface area contributed by atoms with Crippen molar-refractivity contribution in [3.05, 3.63) is 0 Å². The van der Waals surface area contributed by atoms with E-state index in [1.54, 1.807) is 0 Å². The van der Waals surface area contributed by atoms with E-state index in [0.29, 0.717) is 0 Å². The summed E-state index contributed by atoms with van der Waals surface area (Å²) in [6, 6.07) is -0.190. The van der Waals surface area contributed by atoms with Crippen LogP contribution < -0.4 is 11.1 Å². The molecule has 1 amide bonds. The predicted molar refractivity (Wildman–Crippen MR) is 63.4 cm³/mol. The van der Waals surface area contributed by atoms with Crippen LogP contribution in [0.1, 0.15) is 39.5 Å². The van der Waals surface area contributed by atoms with Gasteiger partial charge in [0.25, 0.3) is 0 Å². The summed E-state index contributed by atoms with van der Waals surface area (Å²) in [5.74, 6) is -1.37. The van der Waals surface area contributed by atoms with E-state index in [1.807, 2.05) is 6.92 Å². The number of hydrogen-bond donors (Lipinski definition) is 4. The first-order valence-electron chi connectivity index (χ1n) is 5.73. The topological polar surface area (TPSA) is 113 Å². The zero-order valence-electron chi connectivity index (χ0n) is 10.4. The Kier molecular flexibility index (Phi) is 6.75. The summed E-state index contributed by atoms with van der Waals surface area (Å²) in [6.45, 7) is 3.26. The Balaban J connectivity index is 3.94. The average molecular weight is 246 g/mol. The number of carbonyl (C=O) groups excluding carboxylic acids is 1. The third-order valence-electron chi connectivity index (χ3n) is 2.31. The molecule has 0 fully saturated rings. The summed E-state index contributed by atoms with van der Waals surface area (Å²) in [4.78, 5) is 21.8. The Bertz CT molecular complexity index is 266. The second kappa shape index (κ2) is 7.24. The highest BCUT2D eigenvalue weighted by molar-refractivity contribution is 5.76. The summed E-state index contributed by atoms with van der Waals surface area (Å²) in [5, 5.41) is 20.7. The van der Waals surface area contributed by atoms with Crippen LogP contribution in [0.5, 0.6) is 0 Å². The fourth-order valence-corrected chi connectivity index (χ4v) is 1.46. The molecule has 5 N–H and O–H groups in total. The van der Waals surface area contributed by atoms with Crippen LogP contribution >= 0.6 is 0 Å². The van der Waals surface area contributed by atoms with Gasteiger partial charge in [-0.1, -0.05) is 13.3 Å². The molecule has 6 heteroatoms. The molecule has 0 rings (SSSR count). The van der Waals surface area contributed by atoms with Gasteiger partial charge in [0.15, 0.2) is 0 Å². The molecule has 0 aromatic heterocycles. The monoisotopic (exact) mass is 246 g/mol. The Morgan fingerprint density at radius 2 is 2.06 bits per heavy atom. The maximum Gasteiger partial charge on any atom is 0.306 e. The molecule has 17 heavy (non-hydrogen) atoms. The molecule has 0 saturated heterocycles. The van der Waals surface area contributed by atoms with Gasteiger partial charge >= 0.3 is 5.97 Å². The fraction of sp³-hybridized carbons (Fsp3) is 0.818. The Hall–Kier alpha value is -1.14. The van der Waals surface area contributed by atoms with Gasteiger partial charge in [-0.25, -0.2) is 0 Å². The molecule has 0 bridgehead atoms. The van der Waals surface area contributed by atoms with Crippen LogP contribution in [0, 0.1) is 0 Å². The quantitative estimate of drug-likeness (QED) is 0.475. The van der Waals surface area contributed by atoms with Gasteiger partial charge in [-0.3, -0.25) is 9.59 Å². The van der Waals surface area contributed by atoms with Crippen molar-refractivity contribution in [2.24, 2.45) is 5.73 Å². The van der Waals surface area contributed by atoms with Gasteiger partial charge < -0.3 is 21.3 Å². The fourth-order valence-electron chi connectivity index (χ4n) is 1.46. The molecule has 0 heterocycles. The number of amides is 1. The summed E-state index contributed by atoms with van der Waals surface area (Å²) in [7, 11) is 0. The first-order chi connectivity index (χ1) is 7.76. The number of hydrogen-bond acceptors (Lipinski definition) is 4. The van der Waals surface area contributed by atoms with Gasteiger partial charge in [0, 0.05) is 19.0 Å². The molecule has 2 atom stereocenters. The highest BCUT2D eigenvalue weighted by Crippen LogP contribution is 2.07. The highest BCUT2D eigenvalue weighted by Gasteiger charge is 2.24. The molecular formula is C11H22N2O4. The van der Waals surface area contributed by atoms with Crippen molar-refractivity contribution in [1.29, 1.82) is 0 Å². The van der Waals surface area contributed by atoms with E-state index in [4.69, 9.17) is 10.8 Å². The number of aliphatic carboxylic acids is 1. The largest absolute Gasteiger partial charge is 0.481 e. The van der Waals surface area contributed by atoms with Crippen molar-refractivity contribution in [2.75, 3.05) is 6.54 Å². The molecule has 0 aliphatic carbocycles. The van der Waals surface area contributed by atoms with Gasteiger partial charge in [-0.15, -0.1) is 0 Å². The number of aliphatic hydroxyl groups is 1. The number of rotatable bonds is 8. The molecule has 100 valence electrons. The zero-order valence-corrected chi connectivity index (χ0v) is 10.4. The number of carboxylic acid groups (broad SMARTS) is 1. The van der Waals surface area contributed by atoms with Crippen molar-refractivity contribution in [2.45, 2.75) is 51.2 Å². The van der Waals surface area contributed by atoms with E-state index in [1.165, 1.54) is 6.92 Å². The first-order valence-corrected chi connectivity index (χ1v) is 5.73. The van der Waals surface area contributed by atoms with Gasteiger partial charge in [-0.05, 0) is 13.3 Å². The summed E-state index contributed by atoms with van der Waals surface area (Å²) < 4.78 is 0. The van der Waals surface area contributed by atoms with Gasteiger partial charge in [0.1, 0.15) is 0 Å². The van der Waals surface area contributed by atoms with Crippen LogP contribution in [0.15, 0.2) is 0 Å². The second-order valence-corrected chi connectivity index (χ2v) is 4.60. The summed E-state index contributed by atoms with van der Waals surface area (Å²) in [6.07, 6.45) is 1.45. The molecule has 0 radical (unpaired) electrons. The van der Waals surface area contributed by atoms with Crippen LogP contribution in [-0.4, -0.2) is 40.3 Å². The van der Waals surface area contributed by atoms with Crippen LogP contribution in [-0.2, 0) is 9.59 Å². The summed E-state index contributed by atoms with van der Waals surface area (Å²) in [5.41, 5.74) is 4.25. The van der Waals surface area contributed by atoms with Crippen LogP contribution in [0.4, 0.5) is 0 Å². The maximum absolute atomic E-state index is 11.4. The minimum absolute atomic E-state index is 0.0863. The minimum atomic E-state index is -1.43. The van der Waals surface area contributed by atoms with E-state index < -0.39 is 18.0 Å². The van der Waals surface area contributed by atoms with E-state index in [9.17, 15) is 14.7 Å². The Labute approximate surface area is 101 Å². The molecule has 0 aromatic rings. The smallest absolute Gasteiger partial charge is 0.306 e. The lowest BCUT2D eigenvalue weighted by molar-refractivity contribution is -0.142. The van der Waals surface area contributed by atoms with Crippen molar-refractivity contribution in [3.63, 3.8) is 0 Å². The van der Waals surface area contributed by atoms with Crippen LogP contribution in [0.25, 0.3) is 0 Å². The van der Waals surface area contributed by atoms with Crippen LogP contribution in [0.3, 0.4) is 0 Å². The number of carbonyl (C=O) groups is 2. The lowest BCUT2D eigenvalue weighted by Gasteiger charge is -2.22. The predicted octanol–water partition coefficient (Wildman–Crippen LogP) is -0.154. The Morgan fingerprint density at radius 3 is 2.53 bits per heavy atom. The molecule has 0 aliphatic heterocycles. The van der Waals surface area contributed by atoms with E-state index in [-0.39, 0.29) is 24.9 Å². The molecule has 0 spiro atoms. The zero-order chi connectivity index (χ0) is 13.5. The molecular weight excluding hydrogens is 224 g/mol. The van der Waals surface area contributed by atoms with Gasteiger partial charge in [-0.2, -0.15) is 0 Å². The first kappa shape index (κ1) is 15.9. The molecule has 6 nitrogen and oxygen atoms in total. The van der Waals surface area contributed by atoms with Crippen LogP contribution in [0.2, 0.25) is 0 Å². The van der Waals surface area contributed by atoms with E-state index in [0.717, 1.165) is 12.8 Å². The van der Waals surface area contributed by atoms with Crippen molar-refractivity contribution >= 4 is 11.9 Å². The molecule has 0 aromatic carbocycles. The highest BCUT2D eigenvalue weighted by atomic mass is 16.4. The van der Waals surface area contributed by atoms with Gasteiger partial charge in [0.05, 0.1) is 12.0 Å². The van der Waals surface area contributed by atoms with Crippen molar-refractivity contribution in [3.8, 4) is 0 Å². The van der Waals surface area contributed by atoms with Crippen molar-refractivity contribution in [1.82, 2.24) is 5.32 Å². The third kappa shape index (κ3) is 8.65. The summed E-state index contributed by atoms with van der Waals surface area (Å²) >= 11 is 0. The standard InChI is InChI=1S/C11H22N2O4/c1-3-4-8(12)5-9(14)13-7-11(2,17)6-10(15)16/h8,17H,3-7,12H2,1-2H3,(H,13,14)(H,15,16). The normalized spacial score (nSPS) is 16.0. The molecule has 2 unspecified atom stereocenters. The maximum atomic E-state index is 11.4. The lowest BCUT2D eigenvalue weighted by Crippen LogP contribution is -2.43. The van der Waals surface area contributed by atoms with Gasteiger partial charge in [0.2, 0.25) is 5.91 Å². The number of nitrogens with two attached hydrogens (primary N) is 1. The average Bonchev–Trinajstić information content (AvgIpc) is 2.13. The number of nitrogens with one attached hydrogen (secondary N) is 1. The molecule has 0 saturated carbocycles.